The molecule has 18 heavy (non-hydrogen) atoms. The van der Waals surface area contributed by atoms with Gasteiger partial charge in [-0.25, -0.2) is 4.98 Å². The van der Waals surface area contributed by atoms with E-state index >= 15 is 0 Å². The second-order valence-corrected chi connectivity index (χ2v) is 4.48. The molecule has 0 bridgehead atoms. The van der Waals surface area contributed by atoms with Crippen LogP contribution in [0.2, 0.25) is 5.15 Å². The van der Waals surface area contributed by atoms with E-state index in [1.807, 2.05) is 18.2 Å². The summed E-state index contributed by atoms with van der Waals surface area (Å²) in [5.41, 5.74) is 1.60. The maximum Gasteiger partial charge on any atom is 0.145 e. The number of hydrogen-bond acceptors (Lipinski definition) is 3. The first-order valence-electron chi connectivity index (χ1n) is 5.47. The Morgan fingerprint density at radius 1 is 1.17 bits per heavy atom. The number of alkyl halides is 1. The van der Waals surface area contributed by atoms with Gasteiger partial charge in [0.05, 0.1) is 14.2 Å². The molecule has 3 nitrogen and oxygen atoms in total. The summed E-state index contributed by atoms with van der Waals surface area (Å²) in [6.45, 7) is 0. The second-order valence-electron chi connectivity index (χ2n) is 3.74. The molecule has 1 aromatic heterocycles. The van der Waals surface area contributed by atoms with Gasteiger partial charge < -0.3 is 9.47 Å². The fourth-order valence-corrected chi connectivity index (χ4v) is 2.29. The van der Waals surface area contributed by atoms with Gasteiger partial charge in [-0.05, 0) is 30.2 Å². The first-order chi connectivity index (χ1) is 8.71. The number of rotatable bonds is 4. The molecular weight excluding hydrogens is 273 g/mol. The quantitative estimate of drug-likeness (QED) is 0.634. The first kappa shape index (κ1) is 13.2. The van der Waals surface area contributed by atoms with E-state index in [9.17, 15) is 0 Å². The maximum atomic E-state index is 6.14. The average molecular weight is 286 g/mol. The number of pyridine rings is 1. The van der Waals surface area contributed by atoms with E-state index < -0.39 is 0 Å². The molecule has 5 heteroatoms. The van der Waals surface area contributed by atoms with Crippen LogP contribution in [0, 0.1) is 0 Å². The number of nitrogens with zero attached hydrogens (tertiary/aromatic N) is 1. The highest BCUT2D eigenvalue weighted by molar-refractivity contribution is 6.30. The summed E-state index contributed by atoms with van der Waals surface area (Å²) in [5.74, 6) is 1.91. The number of fused-ring (bicyclic) bond motifs is 1. The van der Waals surface area contributed by atoms with Crippen molar-refractivity contribution < 1.29 is 9.47 Å². The molecule has 0 atom stereocenters. The summed E-state index contributed by atoms with van der Waals surface area (Å²) >= 11 is 11.9. The molecule has 2 aromatic rings. The van der Waals surface area contributed by atoms with E-state index in [1.54, 1.807) is 14.2 Å². The van der Waals surface area contributed by atoms with Gasteiger partial charge in [-0.2, -0.15) is 0 Å². The summed E-state index contributed by atoms with van der Waals surface area (Å²) in [4.78, 5) is 4.38. The molecule has 0 N–H and O–H groups in total. The van der Waals surface area contributed by atoms with E-state index in [0.717, 1.165) is 16.7 Å². The van der Waals surface area contributed by atoms with Gasteiger partial charge in [0.2, 0.25) is 0 Å². The van der Waals surface area contributed by atoms with Gasteiger partial charge in [0.15, 0.2) is 0 Å². The lowest BCUT2D eigenvalue weighted by molar-refractivity contribution is 0.409. The molecule has 0 fully saturated rings. The highest BCUT2D eigenvalue weighted by Gasteiger charge is 2.12. The molecule has 0 aliphatic rings. The predicted molar refractivity (Wildman–Crippen MR) is 74.3 cm³/mol. The molecule has 0 amide bonds. The number of aromatic nitrogens is 1. The van der Waals surface area contributed by atoms with Gasteiger partial charge in [-0.1, -0.05) is 11.6 Å². The molecule has 2 rings (SSSR count). The van der Waals surface area contributed by atoms with Crippen molar-refractivity contribution in [1.82, 2.24) is 4.98 Å². The Balaban J connectivity index is 2.72. The Labute approximate surface area is 116 Å². The van der Waals surface area contributed by atoms with Crippen LogP contribution in [-0.4, -0.2) is 25.1 Å². The summed E-state index contributed by atoms with van der Waals surface area (Å²) in [5, 5.41) is 1.33. The minimum atomic E-state index is 0.453. The van der Waals surface area contributed by atoms with Crippen LogP contribution >= 0.6 is 23.2 Å². The zero-order chi connectivity index (χ0) is 13.1. The molecule has 0 aliphatic carbocycles. The monoisotopic (exact) mass is 285 g/mol. The van der Waals surface area contributed by atoms with Gasteiger partial charge in [0, 0.05) is 11.3 Å². The molecule has 0 unspecified atom stereocenters. The first-order valence-corrected chi connectivity index (χ1v) is 6.38. The lowest BCUT2D eigenvalue weighted by Crippen LogP contribution is -1.96. The highest BCUT2D eigenvalue weighted by Crippen LogP contribution is 2.34. The van der Waals surface area contributed by atoms with Crippen molar-refractivity contribution in [3.63, 3.8) is 0 Å². The van der Waals surface area contributed by atoms with Crippen molar-refractivity contribution >= 4 is 34.1 Å². The molecule has 1 heterocycles. The predicted octanol–water partition coefficient (Wildman–Crippen LogP) is 3.69. The Bertz CT molecular complexity index is 572. The molecule has 0 aliphatic heterocycles. The van der Waals surface area contributed by atoms with Crippen LogP contribution < -0.4 is 9.47 Å². The third kappa shape index (κ3) is 2.33. The summed E-state index contributed by atoms with van der Waals surface area (Å²) < 4.78 is 10.6. The van der Waals surface area contributed by atoms with Crippen molar-refractivity contribution in [1.29, 1.82) is 0 Å². The van der Waals surface area contributed by atoms with Gasteiger partial charge in [-0.15, -0.1) is 11.6 Å². The number of hydrogen-bond donors (Lipinski definition) is 0. The molecule has 0 spiro atoms. The lowest BCUT2D eigenvalue weighted by atomic mass is 10.1. The Hall–Kier alpha value is -1.19. The normalized spacial score (nSPS) is 10.7. The van der Waals surface area contributed by atoms with E-state index in [-0.39, 0.29) is 0 Å². The van der Waals surface area contributed by atoms with Gasteiger partial charge in [0.25, 0.3) is 0 Å². The van der Waals surface area contributed by atoms with Crippen LogP contribution in [0.3, 0.4) is 0 Å². The lowest BCUT2D eigenvalue weighted by Gasteiger charge is -2.11. The number of benzene rings is 1. The molecule has 0 saturated carbocycles. The van der Waals surface area contributed by atoms with E-state index in [2.05, 4.69) is 4.98 Å². The fraction of sp³-hybridized carbons (Fsp3) is 0.308. The summed E-state index contributed by atoms with van der Waals surface area (Å²) in [6.07, 6.45) is 0.670. The third-order valence-electron chi connectivity index (χ3n) is 2.74. The van der Waals surface area contributed by atoms with Crippen molar-refractivity contribution in [3.05, 3.63) is 28.9 Å². The zero-order valence-electron chi connectivity index (χ0n) is 10.2. The Morgan fingerprint density at radius 2 is 1.83 bits per heavy atom. The molecule has 96 valence electrons. The molecule has 1 aromatic carbocycles. The summed E-state index contributed by atoms with van der Waals surface area (Å²) in [7, 11) is 3.22. The standard InChI is InChI=1S/C13H13Cl2NO2/c1-17-10-3-4-11(18-2)12-9(10)7-8(5-6-14)13(15)16-12/h3-4,7H,5-6H2,1-2H3. The number of methoxy groups -OCH3 is 2. The van der Waals surface area contributed by atoms with Crippen LogP contribution in [0.15, 0.2) is 18.2 Å². The molecular formula is C13H13Cl2NO2. The SMILES string of the molecule is COc1ccc(OC)c2nc(Cl)c(CCCl)cc12. The Morgan fingerprint density at radius 3 is 2.44 bits per heavy atom. The minimum Gasteiger partial charge on any atom is -0.496 e. The van der Waals surface area contributed by atoms with Gasteiger partial charge in [-0.3, -0.25) is 0 Å². The highest BCUT2D eigenvalue weighted by atomic mass is 35.5. The van der Waals surface area contributed by atoms with Gasteiger partial charge >= 0.3 is 0 Å². The van der Waals surface area contributed by atoms with Crippen LogP contribution in [0.4, 0.5) is 0 Å². The van der Waals surface area contributed by atoms with Crippen LogP contribution in [-0.2, 0) is 6.42 Å². The smallest absolute Gasteiger partial charge is 0.145 e. The number of aryl methyl sites for hydroxylation is 1. The molecule has 0 radical (unpaired) electrons. The fourth-order valence-electron chi connectivity index (χ4n) is 1.85. The topological polar surface area (TPSA) is 31.4 Å². The average Bonchev–Trinajstić information content (AvgIpc) is 2.39. The van der Waals surface area contributed by atoms with Gasteiger partial charge in [0.1, 0.15) is 22.2 Å². The van der Waals surface area contributed by atoms with E-state index in [4.69, 9.17) is 32.7 Å². The van der Waals surface area contributed by atoms with E-state index in [0.29, 0.717) is 28.7 Å². The van der Waals surface area contributed by atoms with Crippen molar-refractivity contribution in [2.45, 2.75) is 6.42 Å². The maximum absolute atomic E-state index is 6.14. The van der Waals surface area contributed by atoms with Crippen LogP contribution in [0.25, 0.3) is 10.9 Å². The number of halogens is 2. The van der Waals surface area contributed by atoms with Crippen molar-refractivity contribution in [3.8, 4) is 11.5 Å². The number of ether oxygens (including phenoxy) is 2. The third-order valence-corrected chi connectivity index (χ3v) is 3.25. The minimum absolute atomic E-state index is 0.453. The second kappa shape index (κ2) is 5.63. The Kier molecular flexibility index (Phi) is 4.15. The van der Waals surface area contributed by atoms with Crippen molar-refractivity contribution in [2.24, 2.45) is 0 Å². The molecule has 0 saturated heterocycles. The van der Waals surface area contributed by atoms with Crippen LogP contribution in [0.1, 0.15) is 5.56 Å². The zero-order valence-corrected chi connectivity index (χ0v) is 11.7. The van der Waals surface area contributed by atoms with Crippen LogP contribution in [0.5, 0.6) is 11.5 Å². The summed E-state index contributed by atoms with van der Waals surface area (Å²) in [6, 6.07) is 5.61. The largest absolute Gasteiger partial charge is 0.496 e. The van der Waals surface area contributed by atoms with Crippen molar-refractivity contribution in [2.75, 3.05) is 20.1 Å². The van der Waals surface area contributed by atoms with E-state index in [1.165, 1.54) is 0 Å².